The van der Waals surface area contributed by atoms with Crippen LogP contribution in [-0.2, 0) is 0 Å². The number of nitrogen functional groups attached to an aromatic ring is 1. The number of hydrazine groups is 1. The highest BCUT2D eigenvalue weighted by molar-refractivity contribution is 6.30. The van der Waals surface area contributed by atoms with Crippen LogP contribution in [0.1, 0.15) is 21.7 Å². The minimum absolute atomic E-state index is 0.159. The van der Waals surface area contributed by atoms with Crippen molar-refractivity contribution >= 4 is 29.3 Å². The summed E-state index contributed by atoms with van der Waals surface area (Å²) in [7, 11) is 0. The van der Waals surface area contributed by atoms with E-state index in [9.17, 15) is 4.79 Å². The fraction of sp³-hybridized carbons (Fsp3) is 0.167. The Morgan fingerprint density at radius 3 is 2.40 bits per heavy atom. The second-order valence-electron chi connectivity index (χ2n) is 4.14. The molecule has 0 atom stereocenters. The van der Waals surface area contributed by atoms with Crippen molar-refractivity contribution in [1.29, 1.82) is 0 Å². The van der Waals surface area contributed by atoms with Gasteiger partial charge in [0, 0.05) is 17.0 Å². The van der Waals surface area contributed by atoms with Gasteiger partial charge >= 0.3 is 0 Å². The van der Waals surface area contributed by atoms with Gasteiger partial charge in [0.25, 0.3) is 5.91 Å². The molecule has 0 bridgehead atoms. The van der Waals surface area contributed by atoms with Crippen LogP contribution in [-0.4, -0.2) is 20.9 Å². The summed E-state index contributed by atoms with van der Waals surface area (Å²) in [4.78, 5) is 24.3. The quantitative estimate of drug-likeness (QED) is 0.451. The SMILES string of the molecule is Cc1cc(C)nc(NC(=O)c2cc(Cl)nc(NN)c2)n1. The van der Waals surface area contributed by atoms with Gasteiger partial charge in [-0.1, -0.05) is 11.6 Å². The van der Waals surface area contributed by atoms with Crippen molar-refractivity contribution in [3.63, 3.8) is 0 Å². The predicted molar refractivity (Wildman–Crippen MR) is 76.5 cm³/mol. The molecule has 0 saturated heterocycles. The third kappa shape index (κ3) is 3.40. The molecule has 0 aliphatic rings. The molecule has 0 fully saturated rings. The van der Waals surface area contributed by atoms with Gasteiger partial charge in [-0.2, -0.15) is 0 Å². The Morgan fingerprint density at radius 2 is 1.80 bits per heavy atom. The first-order valence-electron chi connectivity index (χ1n) is 5.76. The average molecular weight is 293 g/mol. The maximum atomic E-state index is 12.1. The average Bonchev–Trinajstić information content (AvgIpc) is 2.36. The zero-order chi connectivity index (χ0) is 14.7. The van der Waals surface area contributed by atoms with Crippen LogP contribution in [0.15, 0.2) is 18.2 Å². The lowest BCUT2D eigenvalue weighted by molar-refractivity contribution is 0.102. The number of nitrogens with one attached hydrogen (secondary N) is 2. The number of hydrogen-bond donors (Lipinski definition) is 3. The number of nitrogens with two attached hydrogens (primary N) is 1. The number of hydrogen-bond acceptors (Lipinski definition) is 6. The van der Waals surface area contributed by atoms with Gasteiger partial charge in [0.1, 0.15) is 11.0 Å². The topological polar surface area (TPSA) is 106 Å². The lowest BCUT2D eigenvalue weighted by Crippen LogP contribution is -2.16. The zero-order valence-corrected chi connectivity index (χ0v) is 11.7. The molecule has 1 amide bonds. The van der Waals surface area contributed by atoms with E-state index in [1.54, 1.807) is 0 Å². The molecule has 8 heteroatoms. The fourth-order valence-electron chi connectivity index (χ4n) is 1.66. The second kappa shape index (κ2) is 5.81. The van der Waals surface area contributed by atoms with Crippen LogP contribution in [0.3, 0.4) is 0 Å². The molecule has 2 aromatic rings. The van der Waals surface area contributed by atoms with Crippen molar-refractivity contribution in [1.82, 2.24) is 15.0 Å². The molecule has 0 aliphatic carbocycles. The van der Waals surface area contributed by atoms with E-state index in [-0.39, 0.29) is 11.1 Å². The number of rotatable bonds is 3. The molecule has 0 radical (unpaired) electrons. The van der Waals surface area contributed by atoms with Gasteiger partial charge in [-0.05, 0) is 32.0 Å². The first kappa shape index (κ1) is 14.2. The fourth-order valence-corrected chi connectivity index (χ4v) is 1.87. The monoisotopic (exact) mass is 292 g/mol. The molecule has 0 unspecified atom stereocenters. The Hall–Kier alpha value is -2.25. The number of pyridine rings is 1. The number of halogens is 1. The summed E-state index contributed by atoms with van der Waals surface area (Å²) in [5.74, 6) is 5.39. The summed E-state index contributed by atoms with van der Waals surface area (Å²) in [5.41, 5.74) is 4.18. The molecule has 7 nitrogen and oxygen atoms in total. The number of aromatic nitrogens is 3. The van der Waals surface area contributed by atoms with Crippen LogP contribution in [0.4, 0.5) is 11.8 Å². The van der Waals surface area contributed by atoms with Crippen LogP contribution in [0.5, 0.6) is 0 Å². The van der Waals surface area contributed by atoms with E-state index < -0.39 is 5.91 Å². The zero-order valence-electron chi connectivity index (χ0n) is 10.9. The second-order valence-corrected chi connectivity index (χ2v) is 4.52. The number of carbonyl (C=O) groups excluding carboxylic acids is 1. The normalized spacial score (nSPS) is 10.2. The molecule has 0 saturated carbocycles. The van der Waals surface area contributed by atoms with Gasteiger partial charge in [0.2, 0.25) is 5.95 Å². The lowest BCUT2D eigenvalue weighted by Gasteiger charge is -2.07. The lowest BCUT2D eigenvalue weighted by atomic mass is 10.2. The van der Waals surface area contributed by atoms with Gasteiger partial charge < -0.3 is 5.43 Å². The first-order valence-corrected chi connectivity index (χ1v) is 6.13. The molecular weight excluding hydrogens is 280 g/mol. The van der Waals surface area contributed by atoms with Gasteiger partial charge in [-0.15, -0.1) is 0 Å². The summed E-state index contributed by atoms with van der Waals surface area (Å²) in [6.07, 6.45) is 0. The van der Waals surface area contributed by atoms with Crippen molar-refractivity contribution in [3.8, 4) is 0 Å². The maximum absolute atomic E-state index is 12.1. The number of amides is 1. The third-order valence-electron chi connectivity index (χ3n) is 2.41. The summed E-state index contributed by atoms with van der Waals surface area (Å²) in [5, 5.41) is 2.76. The summed E-state index contributed by atoms with van der Waals surface area (Å²) in [6.45, 7) is 3.65. The molecule has 20 heavy (non-hydrogen) atoms. The number of aryl methyl sites for hydroxylation is 2. The standard InChI is InChI=1S/C12H13ClN6O/c1-6-3-7(2)16-12(15-6)18-11(20)8-4-9(13)17-10(5-8)19-14/h3-5H,14H2,1-2H3,(H,17,19)(H,15,16,18,20). The summed E-state index contributed by atoms with van der Waals surface area (Å²) in [6, 6.07) is 4.72. The number of carbonyl (C=O) groups is 1. The molecule has 0 spiro atoms. The van der Waals surface area contributed by atoms with E-state index in [1.165, 1.54) is 12.1 Å². The van der Waals surface area contributed by atoms with Gasteiger partial charge in [0.15, 0.2) is 0 Å². The van der Waals surface area contributed by atoms with E-state index >= 15 is 0 Å². The van der Waals surface area contributed by atoms with Gasteiger partial charge in [-0.25, -0.2) is 20.8 Å². The Labute approximate surface area is 120 Å². The van der Waals surface area contributed by atoms with Crippen molar-refractivity contribution in [2.45, 2.75) is 13.8 Å². The maximum Gasteiger partial charge on any atom is 0.258 e. The van der Waals surface area contributed by atoms with E-state index in [0.717, 1.165) is 11.4 Å². The minimum atomic E-state index is -0.393. The van der Waals surface area contributed by atoms with Crippen LogP contribution in [0, 0.1) is 13.8 Å². The van der Waals surface area contributed by atoms with Crippen LogP contribution in [0.2, 0.25) is 5.15 Å². The molecule has 4 N–H and O–H groups in total. The minimum Gasteiger partial charge on any atom is -0.308 e. The number of nitrogens with zero attached hydrogens (tertiary/aromatic N) is 3. The Morgan fingerprint density at radius 1 is 1.15 bits per heavy atom. The number of anilines is 2. The van der Waals surface area contributed by atoms with E-state index in [2.05, 4.69) is 25.7 Å². The molecule has 104 valence electrons. The van der Waals surface area contributed by atoms with Crippen LogP contribution < -0.4 is 16.6 Å². The highest BCUT2D eigenvalue weighted by atomic mass is 35.5. The Bertz CT molecular complexity index is 640. The largest absolute Gasteiger partial charge is 0.308 e. The highest BCUT2D eigenvalue weighted by Crippen LogP contribution is 2.15. The summed E-state index contributed by atoms with van der Waals surface area (Å²) >= 11 is 5.81. The van der Waals surface area contributed by atoms with Crippen molar-refractivity contribution in [2.24, 2.45) is 5.84 Å². The predicted octanol–water partition coefficient (Wildman–Crippen LogP) is 1.68. The van der Waals surface area contributed by atoms with Crippen molar-refractivity contribution in [3.05, 3.63) is 40.3 Å². The van der Waals surface area contributed by atoms with Crippen molar-refractivity contribution < 1.29 is 4.79 Å². The van der Waals surface area contributed by atoms with E-state index in [4.69, 9.17) is 17.4 Å². The summed E-state index contributed by atoms with van der Waals surface area (Å²) < 4.78 is 0. The Kier molecular flexibility index (Phi) is 4.11. The highest BCUT2D eigenvalue weighted by Gasteiger charge is 2.11. The molecular formula is C12H13ClN6O. The third-order valence-corrected chi connectivity index (χ3v) is 2.61. The molecule has 2 aromatic heterocycles. The molecule has 2 rings (SSSR count). The molecule has 0 aromatic carbocycles. The molecule has 2 heterocycles. The van der Waals surface area contributed by atoms with Crippen LogP contribution >= 0.6 is 11.6 Å². The Balaban J connectivity index is 2.25. The van der Waals surface area contributed by atoms with Gasteiger partial charge in [0.05, 0.1) is 0 Å². The first-order chi connectivity index (χ1) is 9.47. The molecule has 0 aliphatic heterocycles. The van der Waals surface area contributed by atoms with Crippen molar-refractivity contribution in [2.75, 3.05) is 10.7 Å². The van der Waals surface area contributed by atoms with Crippen LogP contribution in [0.25, 0.3) is 0 Å². The smallest absolute Gasteiger partial charge is 0.258 e. The van der Waals surface area contributed by atoms with Gasteiger partial charge in [-0.3, -0.25) is 10.1 Å². The van der Waals surface area contributed by atoms with E-state index in [0.29, 0.717) is 11.4 Å². The van der Waals surface area contributed by atoms with E-state index in [1.807, 2.05) is 19.9 Å².